The van der Waals surface area contributed by atoms with Gasteiger partial charge >= 0.3 is 6.09 Å². The van der Waals surface area contributed by atoms with Crippen molar-refractivity contribution in [3.05, 3.63) is 58.1 Å². The quantitative estimate of drug-likeness (QED) is 0.680. The smallest absolute Gasteiger partial charge is 0.410 e. The van der Waals surface area contributed by atoms with Crippen molar-refractivity contribution in [2.75, 3.05) is 31.1 Å². The van der Waals surface area contributed by atoms with E-state index in [-0.39, 0.29) is 6.09 Å². The van der Waals surface area contributed by atoms with Crippen LogP contribution in [0.25, 0.3) is 0 Å². The molecule has 0 unspecified atom stereocenters. The van der Waals surface area contributed by atoms with E-state index in [2.05, 4.69) is 49.1 Å². The van der Waals surface area contributed by atoms with Crippen LogP contribution in [0.4, 0.5) is 10.5 Å². The summed E-state index contributed by atoms with van der Waals surface area (Å²) in [6.07, 6.45) is 1.44. The summed E-state index contributed by atoms with van der Waals surface area (Å²) >= 11 is 0. The van der Waals surface area contributed by atoms with Crippen LogP contribution in [0, 0.1) is 13.8 Å². The highest BCUT2D eigenvalue weighted by Gasteiger charge is 2.28. The molecule has 0 saturated carbocycles. The van der Waals surface area contributed by atoms with E-state index in [1.165, 1.54) is 33.5 Å². The number of fused-ring (bicyclic) bond motifs is 2. The zero-order chi connectivity index (χ0) is 22.2. The lowest BCUT2D eigenvalue weighted by Gasteiger charge is -2.34. The first kappa shape index (κ1) is 21.5. The highest BCUT2D eigenvalue weighted by atomic mass is 16.6. The van der Waals surface area contributed by atoms with E-state index in [1.54, 1.807) is 0 Å². The van der Waals surface area contributed by atoms with Gasteiger partial charge in [0.2, 0.25) is 0 Å². The molecule has 0 bridgehead atoms. The molecule has 0 fully saturated rings. The third-order valence-electron chi connectivity index (χ3n) is 6.23. The average molecular weight is 423 g/mol. The zero-order valence-electron chi connectivity index (χ0n) is 19.5. The molecule has 2 aliphatic rings. The highest BCUT2D eigenvalue weighted by molar-refractivity contribution is 5.71. The van der Waals surface area contributed by atoms with Gasteiger partial charge in [-0.2, -0.15) is 0 Å². The van der Waals surface area contributed by atoms with E-state index in [0.29, 0.717) is 19.7 Å². The van der Waals surface area contributed by atoms with E-state index in [4.69, 9.17) is 9.47 Å². The third-order valence-corrected chi connectivity index (χ3v) is 6.23. The van der Waals surface area contributed by atoms with Crippen LogP contribution in [0.15, 0.2) is 30.3 Å². The minimum Gasteiger partial charge on any atom is -0.490 e. The van der Waals surface area contributed by atoms with Gasteiger partial charge in [-0.15, -0.1) is 0 Å². The topological polar surface area (TPSA) is 42.0 Å². The second-order valence-corrected chi connectivity index (χ2v) is 9.65. The summed E-state index contributed by atoms with van der Waals surface area (Å²) in [6.45, 7) is 13.9. The van der Waals surface area contributed by atoms with Gasteiger partial charge in [-0.25, -0.2) is 4.79 Å². The van der Waals surface area contributed by atoms with Crippen molar-refractivity contribution in [3.8, 4) is 5.75 Å². The standard InChI is InChI=1S/C26H34N2O3/c1-18-8-6-7-9-21(18)17-28-14-15-30-23-16-20-10-12-27(25(29)31-26(3,4)5)13-11-22(20)19(2)24(23)28/h6-9,16H,10-15,17H2,1-5H3. The number of anilines is 1. The van der Waals surface area contributed by atoms with E-state index in [9.17, 15) is 4.79 Å². The number of nitrogens with zero attached hydrogens (tertiary/aromatic N) is 2. The normalized spacial score (nSPS) is 16.2. The summed E-state index contributed by atoms with van der Waals surface area (Å²) < 4.78 is 11.7. The van der Waals surface area contributed by atoms with Crippen molar-refractivity contribution in [2.24, 2.45) is 0 Å². The molecule has 5 heteroatoms. The first-order valence-corrected chi connectivity index (χ1v) is 11.3. The predicted molar refractivity (Wildman–Crippen MR) is 124 cm³/mol. The summed E-state index contributed by atoms with van der Waals surface area (Å²) in [5, 5.41) is 0. The molecule has 0 aliphatic carbocycles. The molecule has 2 aliphatic heterocycles. The largest absolute Gasteiger partial charge is 0.490 e. The Kier molecular flexibility index (Phi) is 5.87. The van der Waals surface area contributed by atoms with Gasteiger partial charge in [0, 0.05) is 19.6 Å². The van der Waals surface area contributed by atoms with Crippen molar-refractivity contribution in [3.63, 3.8) is 0 Å². The van der Waals surface area contributed by atoms with E-state index in [0.717, 1.165) is 31.7 Å². The third kappa shape index (κ3) is 4.65. The van der Waals surface area contributed by atoms with Gasteiger partial charge in [-0.3, -0.25) is 0 Å². The molecule has 2 aromatic carbocycles. The van der Waals surface area contributed by atoms with Crippen molar-refractivity contribution >= 4 is 11.8 Å². The SMILES string of the molecule is Cc1ccccc1CN1CCOc2cc3c(c(C)c21)CCN(C(=O)OC(C)(C)C)CC3. The number of ether oxygens (including phenoxy) is 2. The molecule has 1 amide bonds. The lowest BCUT2D eigenvalue weighted by Crippen LogP contribution is -2.38. The average Bonchev–Trinajstić information content (AvgIpc) is 2.91. The number of rotatable bonds is 2. The van der Waals surface area contributed by atoms with Crippen LogP contribution in [0.5, 0.6) is 5.75 Å². The highest BCUT2D eigenvalue weighted by Crippen LogP contribution is 2.40. The van der Waals surface area contributed by atoms with Crippen LogP contribution < -0.4 is 9.64 Å². The molecule has 0 N–H and O–H groups in total. The summed E-state index contributed by atoms with van der Waals surface area (Å²) in [6, 6.07) is 10.8. The molecule has 0 spiro atoms. The number of carbonyl (C=O) groups excluding carboxylic acids is 1. The predicted octanol–water partition coefficient (Wildman–Crippen LogP) is 5.04. The molecular weight excluding hydrogens is 388 g/mol. The molecule has 0 atom stereocenters. The number of amides is 1. The molecule has 5 nitrogen and oxygen atoms in total. The van der Waals surface area contributed by atoms with Crippen LogP contribution in [0.1, 0.15) is 48.6 Å². The molecule has 0 aromatic heterocycles. The number of carbonyl (C=O) groups is 1. The van der Waals surface area contributed by atoms with Gasteiger partial charge in [-0.1, -0.05) is 24.3 Å². The lowest BCUT2D eigenvalue weighted by molar-refractivity contribution is 0.0258. The first-order chi connectivity index (χ1) is 14.7. The maximum atomic E-state index is 12.6. The monoisotopic (exact) mass is 422 g/mol. The fourth-order valence-corrected chi connectivity index (χ4v) is 4.61. The fourth-order valence-electron chi connectivity index (χ4n) is 4.61. The number of benzene rings is 2. The molecule has 2 heterocycles. The first-order valence-electron chi connectivity index (χ1n) is 11.3. The Bertz CT molecular complexity index is 977. The number of hydrogen-bond acceptors (Lipinski definition) is 4. The zero-order valence-corrected chi connectivity index (χ0v) is 19.5. The number of aryl methyl sites for hydroxylation is 1. The number of hydrogen-bond donors (Lipinski definition) is 0. The van der Waals surface area contributed by atoms with E-state index < -0.39 is 5.60 Å². The Morgan fingerprint density at radius 3 is 2.58 bits per heavy atom. The van der Waals surface area contributed by atoms with Crippen LogP contribution in [-0.4, -0.2) is 42.8 Å². The summed E-state index contributed by atoms with van der Waals surface area (Å²) in [7, 11) is 0. The van der Waals surface area contributed by atoms with Gasteiger partial charge in [0.15, 0.2) is 0 Å². The van der Waals surface area contributed by atoms with Crippen LogP contribution in [0.3, 0.4) is 0 Å². The molecule has 2 aromatic rings. The Morgan fingerprint density at radius 2 is 1.84 bits per heavy atom. The minimum atomic E-state index is -0.477. The Hall–Kier alpha value is -2.69. The Labute approximate surface area is 185 Å². The molecule has 4 rings (SSSR count). The van der Waals surface area contributed by atoms with Crippen molar-refractivity contribution in [2.45, 2.75) is 59.6 Å². The Morgan fingerprint density at radius 1 is 1.10 bits per heavy atom. The molecule has 0 saturated heterocycles. The van der Waals surface area contributed by atoms with E-state index >= 15 is 0 Å². The Balaban J connectivity index is 1.60. The maximum absolute atomic E-state index is 12.6. The van der Waals surface area contributed by atoms with Crippen molar-refractivity contribution in [1.29, 1.82) is 0 Å². The van der Waals surface area contributed by atoms with Gasteiger partial charge in [0.1, 0.15) is 18.0 Å². The maximum Gasteiger partial charge on any atom is 0.410 e. The van der Waals surface area contributed by atoms with Gasteiger partial charge < -0.3 is 19.3 Å². The fraction of sp³-hybridized carbons (Fsp3) is 0.500. The summed E-state index contributed by atoms with van der Waals surface area (Å²) in [5.74, 6) is 0.974. The lowest BCUT2D eigenvalue weighted by atomic mass is 9.94. The minimum absolute atomic E-state index is 0.222. The summed E-state index contributed by atoms with van der Waals surface area (Å²) in [4.78, 5) is 16.9. The molecular formula is C26H34N2O3. The van der Waals surface area contributed by atoms with Gasteiger partial charge in [-0.05, 0) is 81.3 Å². The van der Waals surface area contributed by atoms with E-state index in [1.807, 2.05) is 25.7 Å². The molecule has 31 heavy (non-hydrogen) atoms. The van der Waals surface area contributed by atoms with Crippen molar-refractivity contribution in [1.82, 2.24) is 4.90 Å². The van der Waals surface area contributed by atoms with Gasteiger partial charge in [0.25, 0.3) is 0 Å². The van der Waals surface area contributed by atoms with Crippen LogP contribution in [-0.2, 0) is 24.1 Å². The van der Waals surface area contributed by atoms with Gasteiger partial charge in [0.05, 0.1) is 12.2 Å². The molecule has 166 valence electrons. The second kappa shape index (κ2) is 8.45. The van der Waals surface area contributed by atoms with Crippen LogP contribution in [0.2, 0.25) is 0 Å². The second-order valence-electron chi connectivity index (χ2n) is 9.65. The molecule has 0 radical (unpaired) electrons. The van der Waals surface area contributed by atoms with Crippen molar-refractivity contribution < 1.29 is 14.3 Å². The van der Waals surface area contributed by atoms with Crippen LogP contribution >= 0.6 is 0 Å². The summed E-state index contributed by atoms with van der Waals surface area (Å²) in [5.41, 5.74) is 7.32.